The van der Waals surface area contributed by atoms with E-state index >= 15 is 0 Å². The molecule has 0 aromatic rings. The van der Waals surface area contributed by atoms with Gasteiger partial charge in [0.15, 0.2) is 0 Å². The Morgan fingerprint density at radius 1 is 0.696 bits per heavy atom. The lowest BCUT2D eigenvalue weighted by Crippen LogP contribution is -2.11. The van der Waals surface area contributed by atoms with Gasteiger partial charge in [0, 0.05) is 12.8 Å². The largest absolute Gasteiger partial charge is 0.481 e. The molecule has 0 saturated heterocycles. The summed E-state index contributed by atoms with van der Waals surface area (Å²) in [6, 6.07) is 0. The van der Waals surface area contributed by atoms with Gasteiger partial charge < -0.3 is 10.2 Å². The predicted octanol–water partition coefficient (Wildman–Crippen LogP) is 5.56. The third-order valence-electron chi connectivity index (χ3n) is 4.14. The van der Waals surface area contributed by atoms with Crippen LogP contribution in [0.3, 0.4) is 0 Å². The lowest BCUT2D eigenvalue weighted by atomic mass is 9.86. The van der Waals surface area contributed by atoms with E-state index in [4.69, 9.17) is 10.2 Å². The first-order valence-corrected chi connectivity index (χ1v) is 8.37. The Morgan fingerprint density at radius 2 is 1.13 bits per heavy atom. The molecule has 0 heterocycles. The zero-order valence-electron chi connectivity index (χ0n) is 14.5. The van der Waals surface area contributed by atoms with Crippen LogP contribution in [0.25, 0.3) is 0 Å². The Balaban J connectivity index is -0.00000200. The third-order valence-corrected chi connectivity index (χ3v) is 4.14. The highest BCUT2D eigenvalue weighted by Gasteiger charge is 2.14. The lowest BCUT2D eigenvalue weighted by Gasteiger charge is -2.19. The normalized spacial score (nSPS) is 11.4. The number of carbonyl (C=O) groups is 2. The summed E-state index contributed by atoms with van der Waals surface area (Å²) in [5, 5.41) is 17.3. The first-order chi connectivity index (χ1) is 9.93. The van der Waals surface area contributed by atoms with Crippen molar-refractivity contribution in [1.29, 1.82) is 0 Å². The van der Waals surface area contributed by atoms with Crippen molar-refractivity contribution < 1.29 is 19.8 Å². The standard InChI is InChI=1S/C17H32O4.2ClH/c1-14(2)15(12-13-17(20)21)10-8-6-4-3-5-7-9-11-16(18)19;;/h14-15H,3-13H2,1-2H3,(H,18,19)(H,20,21);2*1H. The third kappa shape index (κ3) is 19.5. The first kappa shape index (κ1) is 27.4. The topological polar surface area (TPSA) is 74.6 Å². The minimum absolute atomic E-state index is 0. The molecule has 1 unspecified atom stereocenters. The molecule has 0 aliphatic heterocycles. The first-order valence-electron chi connectivity index (χ1n) is 8.37. The molecule has 0 aromatic heterocycles. The van der Waals surface area contributed by atoms with Crippen LogP contribution >= 0.6 is 24.8 Å². The average Bonchev–Trinajstić information content (AvgIpc) is 2.39. The number of rotatable bonds is 14. The van der Waals surface area contributed by atoms with E-state index in [1.807, 2.05) is 0 Å². The van der Waals surface area contributed by atoms with Gasteiger partial charge in [-0.05, 0) is 24.7 Å². The molecule has 0 saturated carbocycles. The summed E-state index contributed by atoms with van der Waals surface area (Å²) >= 11 is 0. The van der Waals surface area contributed by atoms with E-state index in [1.54, 1.807) is 0 Å². The molecule has 140 valence electrons. The molecule has 0 radical (unpaired) electrons. The van der Waals surface area contributed by atoms with Crippen molar-refractivity contribution in [2.45, 2.75) is 84.5 Å². The number of carboxylic acid groups (broad SMARTS) is 2. The maximum absolute atomic E-state index is 10.6. The molecule has 2 N–H and O–H groups in total. The number of unbranched alkanes of at least 4 members (excludes halogenated alkanes) is 6. The second kappa shape index (κ2) is 17.9. The molecule has 0 aliphatic carbocycles. The summed E-state index contributed by atoms with van der Waals surface area (Å²) in [4.78, 5) is 21.0. The maximum Gasteiger partial charge on any atom is 0.303 e. The second-order valence-corrected chi connectivity index (χ2v) is 6.34. The second-order valence-electron chi connectivity index (χ2n) is 6.34. The van der Waals surface area contributed by atoms with Gasteiger partial charge in [-0.3, -0.25) is 9.59 Å². The van der Waals surface area contributed by atoms with Crippen LogP contribution in [0.1, 0.15) is 84.5 Å². The molecule has 6 heteroatoms. The van der Waals surface area contributed by atoms with Crippen LogP contribution in [0.2, 0.25) is 0 Å². The molecule has 23 heavy (non-hydrogen) atoms. The van der Waals surface area contributed by atoms with Crippen molar-refractivity contribution >= 4 is 36.8 Å². The van der Waals surface area contributed by atoms with Gasteiger partial charge in [-0.1, -0.05) is 58.8 Å². The highest BCUT2D eigenvalue weighted by atomic mass is 35.5. The van der Waals surface area contributed by atoms with Crippen LogP contribution in [0.4, 0.5) is 0 Å². The Hall–Kier alpha value is -0.480. The molecule has 1 atom stereocenters. The number of aliphatic carboxylic acids is 2. The number of hydrogen-bond donors (Lipinski definition) is 2. The van der Waals surface area contributed by atoms with Crippen LogP contribution < -0.4 is 0 Å². The zero-order valence-corrected chi connectivity index (χ0v) is 16.1. The van der Waals surface area contributed by atoms with Crippen molar-refractivity contribution in [3.8, 4) is 0 Å². The molecule has 4 nitrogen and oxygen atoms in total. The molecule has 0 aliphatic rings. The summed E-state index contributed by atoms with van der Waals surface area (Å²) in [6.45, 7) is 4.35. The summed E-state index contributed by atoms with van der Waals surface area (Å²) in [6.07, 6.45) is 10.2. The van der Waals surface area contributed by atoms with Gasteiger partial charge >= 0.3 is 11.9 Å². The Morgan fingerprint density at radius 3 is 1.57 bits per heavy atom. The van der Waals surface area contributed by atoms with Crippen molar-refractivity contribution in [3.63, 3.8) is 0 Å². The fraction of sp³-hybridized carbons (Fsp3) is 0.882. The van der Waals surface area contributed by atoms with Crippen molar-refractivity contribution in [3.05, 3.63) is 0 Å². The Bertz CT molecular complexity index is 296. The van der Waals surface area contributed by atoms with E-state index in [9.17, 15) is 9.59 Å². The van der Waals surface area contributed by atoms with E-state index in [0.29, 0.717) is 18.3 Å². The van der Waals surface area contributed by atoms with Crippen LogP contribution in [-0.4, -0.2) is 22.2 Å². The van der Waals surface area contributed by atoms with Crippen LogP contribution in [0.5, 0.6) is 0 Å². The highest BCUT2D eigenvalue weighted by molar-refractivity contribution is 5.85. The zero-order chi connectivity index (χ0) is 16.1. The summed E-state index contributed by atoms with van der Waals surface area (Å²) < 4.78 is 0. The predicted molar refractivity (Wildman–Crippen MR) is 98.9 cm³/mol. The SMILES string of the molecule is CC(C)C(CCCCCCCCCC(=O)O)CCC(=O)O.Cl.Cl. The van der Waals surface area contributed by atoms with Crippen LogP contribution in [-0.2, 0) is 9.59 Å². The minimum Gasteiger partial charge on any atom is -0.481 e. The van der Waals surface area contributed by atoms with E-state index < -0.39 is 11.9 Å². The van der Waals surface area contributed by atoms with E-state index in [1.165, 1.54) is 25.7 Å². The molecule has 0 spiro atoms. The minimum atomic E-state index is -0.698. The number of halogens is 2. The van der Waals surface area contributed by atoms with Gasteiger partial charge in [0.05, 0.1) is 0 Å². The van der Waals surface area contributed by atoms with Crippen molar-refractivity contribution in [2.24, 2.45) is 11.8 Å². The highest BCUT2D eigenvalue weighted by Crippen LogP contribution is 2.24. The van der Waals surface area contributed by atoms with E-state index in [0.717, 1.165) is 32.1 Å². The molecular weight excluding hydrogens is 339 g/mol. The fourth-order valence-corrected chi connectivity index (χ4v) is 2.69. The van der Waals surface area contributed by atoms with Gasteiger partial charge in [0.1, 0.15) is 0 Å². The number of carboxylic acids is 2. The quantitative estimate of drug-likeness (QED) is 0.391. The lowest BCUT2D eigenvalue weighted by molar-refractivity contribution is -0.138. The van der Waals surface area contributed by atoms with E-state index in [-0.39, 0.29) is 31.2 Å². The van der Waals surface area contributed by atoms with Crippen LogP contribution in [0.15, 0.2) is 0 Å². The molecule has 0 rings (SSSR count). The van der Waals surface area contributed by atoms with Gasteiger partial charge in [0.25, 0.3) is 0 Å². The van der Waals surface area contributed by atoms with Crippen molar-refractivity contribution in [1.82, 2.24) is 0 Å². The summed E-state index contributed by atoms with van der Waals surface area (Å²) in [5.74, 6) is -0.310. The molecule has 0 bridgehead atoms. The summed E-state index contributed by atoms with van der Waals surface area (Å²) in [5.41, 5.74) is 0. The van der Waals surface area contributed by atoms with Crippen LogP contribution in [0, 0.1) is 11.8 Å². The average molecular weight is 373 g/mol. The molecule has 0 amide bonds. The Labute approximate surface area is 153 Å². The fourth-order valence-electron chi connectivity index (χ4n) is 2.69. The van der Waals surface area contributed by atoms with Crippen molar-refractivity contribution in [2.75, 3.05) is 0 Å². The number of hydrogen-bond acceptors (Lipinski definition) is 2. The molecule has 0 fully saturated rings. The van der Waals surface area contributed by atoms with Gasteiger partial charge in [-0.2, -0.15) is 0 Å². The molecule has 0 aromatic carbocycles. The Kier molecular flexibility index (Phi) is 21.3. The van der Waals surface area contributed by atoms with Gasteiger partial charge in [-0.25, -0.2) is 0 Å². The van der Waals surface area contributed by atoms with Gasteiger partial charge in [-0.15, -0.1) is 24.8 Å². The summed E-state index contributed by atoms with van der Waals surface area (Å²) in [7, 11) is 0. The van der Waals surface area contributed by atoms with Gasteiger partial charge in [0.2, 0.25) is 0 Å². The monoisotopic (exact) mass is 372 g/mol. The maximum atomic E-state index is 10.6. The van der Waals surface area contributed by atoms with E-state index in [2.05, 4.69) is 13.8 Å². The smallest absolute Gasteiger partial charge is 0.303 e. The molecular formula is C17H34Cl2O4.